The van der Waals surface area contributed by atoms with E-state index in [-0.39, 0.29) is 0 Å². The summed E-state index contributed by atoms with van der Waals surface area (Å²) >= 11 is 0. The van der Waals surface area contributed by atoms with Crippen LogP contribution >= 0.6 is 0 Å². The number of hydrogen-bond acceptors (Lipinski definition) is 2. The van der Waals surface area contributed by atoms with E-state index in [0.29, 0.717) is 19.1 Å². The molecule has 14 heavy (non-hydrogen) atoms. The summed E-state index contributed by atoms with van der Waals surface area (Å²) in [6.07, 6.45) is 3.74. The lowest BCUT2D eigenvalue weighted by atomic mass is 10.4. The molecule has 82 valence electrons. The van der Waals surface area contributed by atoms with Gasteiger partial charge in [-0.25, -0.2) is 0 Å². The first kappa shape index (κ1) is 13.0. The maximum absolute atomic E-state index is 5.57. The molecule has 0 radical (unpaired) electrons. The molecule has 0 aromatic rings. The molecule has 0 saturated carbocycles. The van der Waals surface area contributed by atoms with Crippen LogP contribution in [0.2, 0.25) is 0 Å². The topological polar surface area (TPSA) is 59.6 Å². The van der Waals surface area contributed by atoms with E-state index >= 15 is 0 Å². The Morgan fingerprint density at radius 3 is 3.00 bits per heavy atom. The summed E-state index contributed by atoms with van der Waals surface area (Å²) in [5, 5.41) is 2.97. The first-order valence-corrected chi connectivity index (χ1v) is 5.03. The summed E-state index contributed by atoms with van der Waals surface area (Å²) < 4.78 is 5.28. The van der Waals surface area contributed by atoms with Crippen LogP contribution in [-0.2, 0) is 4.74 Å². The van der Waals surface area contributed by atoms with Gasteiger partial charge in [0.1, 0.15) is 0 Å². The van der Waals surface area contributed by atoms with Crippen molar-refractivity contribution in [3.63, 3.8) is 0 Å². The molecule has 0 amide bonds. The van der Waals surface area contributed by atoms with Gasteiger partial charge in [0.2, 0.25) is 0 Å². The Balaban J connectivity index is 3.22. The molecule has 4 nitrogen and oxygen atoms in total. The predicted molar refractivity (Wildman–Crippen MR) is 60.4 cm³/mol. The number of nitrogens with one attached hydrogen (secondary N) is 1. The number of aliphatic imine (C=N–C) groups is 1. The van der Waals surface area contributed by atoms with Gasteiger partial charge < -0.3 is 15.8 Å². The maximum Gasteiger partial charge on any atom is 0.188 e. The zero-order valence-electron chi connectivity index (χ0n) is 8.96. The van der Waals surface area contributed by atoms with Crippen LogP contribution in [0.4, 0.5) is 0 Å². The van der Waals surface area contributed by atoms with Gasteiger partial charge in [-0.15, -0.1) is 6.58 Å². The molecule has 0 bridgehead atoms. The lowest BCUT2D eigenvalue weighted by Gasteiger charge is -2.05. The average Bonchev–Trinajstić information content (AvgIpc) is 2.20. The Morgan fingerprint density at radius 1 is 1.57 bits per heavy atom. The van der Waals surface area contributed by atoms with Crippen LogP contribution < -0.4 is 11.1 Å². The fourth-order valence-corrected chi connectivity index (χ4v) is 0.808. The Kier molecular flexibility index (Phi) is 9.31. The Labute approximate surface area is 86.2 Å². The lowest BCUT2D eigenvalue weighted by Crippen LogP contribution is -2.34. The van der Waals surface area contributed by atoms with E-state index < -0.39 is 0 Å². The number of ether oxygens (including phenoxy) is 1. The van der Waals surface area contributed by atoms with Gasteiger partial charge in [0.25, 0.3) is 0 Å². The second-order valence-electron chi connectivity index (χ2n) is 2.88. The molecule has 0 heterocycles. The fourth-order valence-electron chi connectivity index (χ4n) is 0.808. The van der Waals surface area contributed by atoms with Crippen LogP contribution in [0.5, 0.6) is 0 Å². The number of nitrogens with zero attached hydrogens (tertiary/aromatic N) is 1. The van der Waals surface area contributed by atoms with Crippen LogP contribution in [0.1, 0.15) is 19.8 Å². The van der Waals surface area contributed by atoms with Crippen molar-refractivity contribution in [2.45, 2.75) is 19.8 Å². The van der Waals surface area contributed by atoms with Gasteiger partial charge in [-0.2, -0.15) is 0 Å². The van der Waals surface area contributed by atoms with Crippen molar-refractivity contribution < 1.29 is 4.74 Å². The van der Waals surface area contributed by atoms with Crippen LogP contribution in [0.25, 0.3) is 0 Å². The molecule has 0 unspecified atom stereocenters. The number of guanidine groups is 1. The summed E-state index contributed by atoms with van der Waals surface area (Å²) in [7, 11) is 0. The van der Waals surface area contributed by atoms with Crippen molar-refractivity contribution in [1.29, 1.82) is 0 Å². The SMILES string of the molecule is C=CCCOCCNC(N)=NCCC. The average molecular weight is 199 g/mol. The number of rotatable bonds is 8. The summed E-state index contributed by atoms with van der Waals surface area (Å²) in [4.78, 5) is 4.09. The second kappa shape index (κ2) is 10.1. The summed E-state index contributed by atoms with van der Waals surface area (Å²) in [6, 6.07) is 0. The second-order valence-corrected chi connectivity index (χ2v) is 2.88. The van der Waals surface area contributed by atoms with Gasteiger partial charge in [-0.05, 0) is 12.8 Å². The van der Waals surface area contributed by atoms with E-state index in [1.165, 1.54) is 0 Å². The first-order valence-electron chi connectivity index (χ1n) is 5.03. The Bertz CT molecular complexity index is 169. The highest BCUT2D eigenvalue weighted by Crippen LogP contribution is 1.81. The molecule has 0 rings (SSSR count). The minimum atomic E-state index is 0.499. The normalized spacial score (nSPS) is 11.4. The molecular formula is C10H21N3O. The molecule has 3 N–H and O–H groups in total. The summed E-state index contributed by atoms with van der Waals surface area (Å²) in [6.45, 7) is 8.52. The quantitative estimate of drug-likeness (QED) is 0.264. The van der Waals surface area contributed by atoms with E-state index in [0.717, 1.165) is 26.0 Å². The van der Waals surface area contributed by atoms with Crippen molar-refractivity contribution in [3.05, 3.63) is 12.7 Å². The van der Waals surface area contributed by atoms with E-state index in [1.54, 1.807) is 0 Å². The molecule has 0 fully saturated rings. The van der Waals surface area contributed by atoms with Crippen molar-refractivity contribution in [1.82, 2.24) is 5.32 Å². The standard InChI is InChI=1S/C10H21N3O/c1-3-5-8-14-9-7-13-10(11)12-6-4-2/h3H,1,4-9H2,2H3,(H3,11,12,13). The third-order valence-electron chi connectivity index (χ3n) is 1.52. The lowest BCUT2D eigenvalue weighted by molar-refractivity contribution is 0.143. The predicted octanol–water partition coefficient (Wildman–Crippen LogP) is 0.893. The molecule has 0 spiro atoms. The molecule has 0 aliphatic heterocycles. The highest BCUT2D eigenvalue weighted by Gasteiger charge is 1.90. The van der Waals surface area contributed by atoms with Crippen molar-refractivity contribution in [2.75, 3.05) is 26.3 Å². The molecule has 0 aliphatic rings. The van der Waals surface area contributed by atoms with Crippen molar-refractivity contribution in [3.8, 4) is 0 Å². The number of nitrogens with two attached hydrogens (primary N) is 1. The largest absolute Gasteiger partial charge is 0.379 e. The van der Waals surface area contributed by atoms with Crippen LogP contribution in [-0.4, -0.2) is 32.3 Å². The van der Waals surface area contributed by atoms with Crippen LogP contribution in [0.3, 0.4) is 0 Å². The van der Waals surface area contributed by atoms with Gasteiger partial charge in [0.05, 0.1) is 13.2 Å². The minimum absolute atomic E-state index is 0.499. The van der Waals surface area contributed by atoms with Crippen molar-refractivity contribution >= 4 is 5.96 Å². The zero-order chi connectivity index (χ0) is 10.6. The third-order valence-corrected chi connectivity index (χ3v) is 1.52. The maximum atomic E-state index is 5.57. The highest BCUT2D eigenvalue weighted by atomic mass is 16.5. The van der Waals surface area contributed by atoms with Crippen molar-refractivity contribution in [2.24, 2.45) is 10.7 Å². The molecule has 0 aliphatic carbocycles. The minimum Gasteiger partial charge on any atom is -0.379 e. The smallest absolute Gasteiger partial charge is 0.188 e. The fraction of sp³-hybridized carbons (Fsp3) is 0.700. The van der Waals surface area contributed by atoms with E-state index in [9.17, 15) is 0 Å². The molecule has 0 atom stereocenters. The summed E-state index contributed by atoms with van der Waals surface area (Å²) in [5.41, 5.74) is 5.57. The van der Waals surface area contributed by atoms with E-state index in [4.69, 9.17) is 10.5 Å². The van der Waals surface area contributed by atoms with E-state index in [1.807, 2.05) is 6.08 Å². The van der Waals surface area contributed by atoms with Gasteiger partial charge in [-0.1, -0.05) is 13.0 Å². The van der Waals surface area contributed by atoms with Gasteiger partial charge >= 0.3 is 0 Å². The molecule has 0 saturated heterocycles. The molecule has 0 aromatic carbocycles. The third kappa shape index (κ3) is 9.06. The van der Waals surface area contributed by atoms with Gasteiger partial charge in [0, 0.05) is 13.1 Å². The Morgan fingerprint density at radius 2 is 2.36 bits per heavy atom. The monoisotopic (exact) mass is 199 g/mol. The zero-order valence-corrected chi connectivity index (χ0v) is 8.96. The molecule has 4 heteroatoms. The van der Waals surface area contributed by atoms with Gasteiger partial charge in [-0.3, -0.25) is 4.99 Å². The van der Waals surface area contributed by atoms with E-state index in [2.05, 4.69) is 23.8 Å². The first-order chi connectivity index (χ1) is 6.81. The molecular weight excluding hydrogens is 178 g/mol. The van der Waals surface area contributed by atoms with Gasteiger partial charge in [0.15, 0.2) is 5.96 Å². The van der Waals surface area contributed by atoms with Crippen LogP contribution in [0.15, 0.2) is 17.6 Å². The van der Waals surface area contributed by atoms with Crippen LogP contribution in [0, 0.1) is 0 Å². The summed E-state index contributed by atoms with van der Waals surface area (Å²) in [5.74, 6) is 0.499. The Hall–Kier alpha value is -1.03. The number of hydrogen-bond donors (Lipinski definition) is 2. The molecule has 0 aromatic heterocycles. The highest BCUT2D eigenvalue weighted by molar-refractivity contribution is 5.77.